The molecule has 0 unspecified atom stereocenters. The molecule has 78 valence electrons. The molecule has 2 heterocycles. The number of pyridine rings is 1. The van der Waals surface area contributed by atoms with Crippen LogP contribution in [0.25, 0.3) is 11.2 Å². The van der Waals surface area contributed by atoms with E-state index in [-0.39, 0.29) is 0 Å². The van der Waals surface area contributed by atoms with E-state index < -0.39 is 0 Å². The Bertz CT molecular complexity index is 514. The smallest absolute Gasteiger partial charge is 0.161 e. The first-order chi connectivity index (χ1) is 7.29. The van der Waals surface area contributed by atoms with Crippen molar-refractivity contribution in [3.05, 3.63) is 23.1 Å². The molecule has 0 radical (unpaired) electrons. The number of aromatic nitrogens is 3. The van der Waals surface area contributed by atoms with Crippen molar-refractivity contribution in [1.29, 1.82) is 0 Å². The van der Waals surface area contributed by atoms with E-state index in [1.165, 1.54) is 12.8 Å². The van der Waals surface area contributed by atoms with Crippen LogP contribution < -0.4 is 0 Å². The third-order valence-electron chi connectivity index (χ3n) is 2.80. The summed E-state index contributed by atoms with van der Waals surface area (Å²) in [6.45, 7) is 2.13. The largest absolute Gasteiger partial charge is 0.310 e. The standard InChI is InChI=1S/C11H12ClN3/c1-2-10-13-8-5-6-9(12)14-11(8)15(10)7-3-4-7/h5-7H,2-4H2,1H3. The zero-order chi connectivity index (χ0) is 10.4. The van der Waals surface area contributed by atoms with Crippen molar-refractivity contribution in [2.75, 3.05) is 0 Å². The Kier molecular flexibility index (Phi) is 1.96. The first kappa shape index (κ1) is 9.16. The van der Waals surface area contributed by atoms with Crippen molar-refractivity contribution >= 4 is 22.8 Å². The molecule has 0 aliphatic heterocycles. The van der Waals surface area contributed by atoms with Crippen molar-refractivity contribution in [2.24, 2.45) is 0 Å². The lowest BCUT2D eigenvalue weighted by Crippen LogP contribution is -2.00. The fraction of sp³-hybridized carbons (Fsp3) is 0.455. The maximum absolute atomic E-state index is 5.92. The second kappa shape index (κ2) is 3.20. The minimum atomic E-state index is 0.548. The molecule has 1 saturated carbocycles. The van der Waals surface area contributed by atoms with Crippen LogP contribution in [0.3, 0.4) is 0 Å². The summed E-state index contributed by atoms with van der Waals surface area (Å²) >= 11 is 5.92. The van der Waals surface area contributed by atoms with Crippen LogP contribution in [0.1, 0.15) is 31.6 Å². The summed E-state index contributed by atoms with van der Waals surface area (Å²) in [6, 6.07) is 4.35. The topological polar surface area (TPSA) is 30.7 Å². The molecule has 0 N–H and O–H groups in total. The van der Waals surface area contributed by atoms with Crippen molar-refractivity contribution in [1.82, 2.24) is 14.5 Å². The molecule has 3 nitrogen and oxygen atoms in total. The summed E-state index contributed by atoms with van der Waals surface area (Å²) in [5.74, 6) is 1.13. The van der Waals surface area contributed by atoms with Gasteiger partial charge in [-0.1, -0.05) is 18.5 Å². The van der Waals surface area contributed by atoms with Crippen LogP contribution in [0.4, 0.5) is 0 Å². The lowest BCUT2D eigenvalue weighted by atomic mass is 10.4. The average molecular weight is 222 g/mol. The number of halogens is 1. The molecule has 2 aromatic heterocycles. The maximum atomic E-state index is 5.92. The summed E-state index contributed by atoms with van der Waals surface area (Å²) < 4.78 is 2.25. The van der Waals surface area contributed by atoms with E-state index in [1.54, 1.807) is 6.07 Å². The summed E-state index contributed by atoms with van der Waals surface area (Å²) in [6.07, 6.45) is 3.43. The minimum absolute atomic E-state index is 0.548. The Morgan fingerprint density at radius 2 is 2.20 bits per heavy atom. The molecule has 4 heteroatoms. The highest BCUT2D eigenvalue weighted by Crippen LogP contribution is 2.38. The van der Waals surface area contributed by atoms with Gasteiger partial charge in [-0.25, -0.2) is 9.97 Å². The van der Waals surface area contributed by atoms with Gasteiger partial charge in [0.2, 0.25) is 0 Å². The number of hydrogen-bond acceptors (Lipinski definition) is 2. The predicted molar refractivity (Wildman–Crippen MR) is 60.2 cm³/mol. The van der Waals surface area contributed by atoms with Gasteiger partial charge in [0.15, 0.2) is 5.65 Å². The monoisotopic (exact) mass is 221 g/mol. The van der Waals surface area contributed by atoms with Gasteiger partial charge in [-0.3, -0.25) is 0 Å². The van der Waals surface area contributed by atoms with Crippen LogP contribution in [-0.4, -0.2) is 14.5 Å². The van der Waals surface area contributed by atoms with Crippen LogP contribution >= 0.6 is 11.6 Å². The molecule has 1 aliphatic carbocycles. The zero-order valence-corrected chi connectivity index (χ0v) is 9.33. The van der Waals surface area contributed by atoms with Gasteiger partial charge < -0.3 is 4.57 Å². The quantitative estimate of drug-likeness (QED) is 0.730. The highest BCUT2D eigenvalue weighted by molar-refractivity contribution is 6.29. The second-order valence-electron chi connectivity index (χ2n) is 3.96. The average Bonchev–Trinajstić information content (AvgIpc) is 2.99. The third kappa shape index (κ3) is 1.42. The van der Waals surface area contributed by atoms with Crippen molar-refractivity contribution in [3.8, 4) is 0 Å². The molecule has 1 aliphatic rings. The summed E-state index contributed by atoms with van der Waals surface area (Å²) in [5.41, 5.74) is 1.91. The van der Waals surface area contributed by atoms with E-state index in [2.05, 4.69) is 21.5 Å². The molecule has 0 aromatic carbocycles. The number of fused-ring (bicyclic) bond motifs is 1. The van der Waals surface area contributed by atoms with E-state index in [9.17, 15) is 0 Å². The number of aryl methyl sites for hydroxylation is 1. The van der Waals surface area contributed by atoms with Crippen LogP contribution in [-0.2, 0) is 6.42 Å². The normalized spacial score (nSPS) is 16.1. The Hall–Kier alpha value is -1.09. The molecule has 0 saturated heterocycles. The van der Waals surface area contributed by atoms with Gasteiger partial charge in [-0.2, -0.15) is 0 Å². The first-order valence-electron chi connectivity index (χ1n) is 5.33. The van der Waals surface area contributed by atoms with Gasteiger partial charge in [0.1, 0.15) is 16.5 Å². The third-order valence-corrected chi connectivity index (χ3v) is 3.02. The zero-order valence-electron chi connectivity index (χ0n) is 8.57. The van der Waals surface area contributed by atoms with Gasteiger partial charge in [0.25, 0.3) is 0 Å². The van der Waals surface area contributed by atoms with Crippen molar-refractivity contribution in [2.45, 2.75) is 32.2 Å². The molecule has 0 amide bonds. The molecule has 0 bridgehead atoms. The molecular weight excluding hydrogens is 210 g/mol. The number of rotatable bonds is 2. The second-order valence-corrected chi connectivity index (χ2v) is 4.35. The summed E-state index contributed by atoms with van der Waals surface area (Å²) in [4.78, 5) is 8.95. The summed E-state index contributed by atoms with van der Waals surface area (Å²) in [5, 5.41) is 0.548. The number of nitrogens with zero attached hydrogens (tertiary/aromatic N) is 3. The van der Waals surface area contributed by atoms with Crippen LogP contribution in [0.15, 0.2) is 12.1 Å². The van der Waals surface area contributed by atoms with Crippen LogP contribution in [0, 0.1) is 0 Å². The van der Waals surface area contributed by atoms with Gasteiger partial charge in [0, 0.05) is 12.5 Å². The molecule has 0 spiro atoms. The SMILES string of the molecule is CCc1nc2ccc(Cl)nc2n1C1CC1. The summed E-state index contributed by atoms with van der Waals surface area (Å²) in [7, 11) is 0. The highest BCUT2D eigenvalue weighted by atomic mass is 35.5. The lowest BCUT2D eigenvalue weighted by Gasteiger charge is -2.04. The van der Waals surface area contributed by atoms with Gasteiger partial charge in [-0.15, -0.1) is 0 Å². The van der Waals surface area contributed by atoms with E-state index >= 15 is 0 Å². The lowest BCUT2D eigenvalue weighted by molar-refractivity contribution is 0.702. The molecule has 2 aromatic rings. The minimum Gasteiger partial charge on any atom is -0.310 e. The highest BCUT2D eigenvalue weighted by Gasteiger charge is 2.28. The van der Waals surface area contributed by atoms with E-state index in [0.717, 1.165) is 23.4 Å². The van der Waals surface area contributed by atoms with Crippen molar-refractivity contribution in [3.63, 3.8) is 0 Å². The van der Waals surface area contributed by atoms with Crippen LogP contribution in [0.2, 0.25) is 5.15 Å². The Labute approximate surface area is 93.1 Å². The van der Waals surface area contributed by atoms with Crippen LogP contribution in [0.5, 0.6) is 0 Å². The van der Waals surface area contributed by atoms with Gasteiger partial charge in [-0.05, 0) is 25.0 Å². The van der Waals surface area contributed by atoms with E-state index in [4.69, 9.17) is 11.6 Å². The first-order valence-corrected chi connectivity index (χ1v) is 5.70. The molecular formula is C11H12ClN3. The molecule has 15 heavy (non-hydrogen) atoms. The Morgan fingerprint density at radius 3 is 2.87 bits per heavy atom. The van der Waals surface area contributed by atoms with Gasteiger partial charge in [0.05, 0.1) is 0 Å². The number of imidazole rings is 1. The Morgan fingerprint density at radius 1 is 1.40 bits per heavy atom. The van der Waals surface area contributed by atoms with Crippen molar-refractivity contribution < 1.29 is 0 Å². The molecule has 3 rings (SSSR count). The number of hydrogen-bond donors (Lipinski definition) is 0. The fourth-order valence-electron chi connectivity index (χ4n) is 1.96. The predicted octanol–water partition coefficient (Wildman–Crippen LogP) is 2.98. The van der Waals surface area contributed by atoms with Gasteiger partial charge >= 0.3 is 0 Å². The van der Waals surface area contributed by atoms with E-state index in [0.29, 0.717) is 11.2 Å². The molecule has 1 fully saturated rings. The molecule has 0 atom stereocenters. The van der Waals surface area contributed by atoms with E-state index in [1.807, 2.05) is 6.07 Å². The fourth-order valence-corrected chi connectivity index (χ4v) is 2.11. The maximum Gasteiger partial charge on any atom is 0.161 e. The Balaban J connectivity index is 2.30.